The fraction of sp³-hybridized carbons (Fsp3) is 0. The molecule has 12 heavy (non-hydrogen) atoms. The third-order valence-electron chi connectivity index (χ3n) is 1.50. The van der Waals surface area contributed by atoms with Crippen molar-refractivity contribution >= 4 is 30.1 Å². The summed E-state index contributed by atoms with van der Waals surface area (Å²) in [5.41, 5.74) is 0.976. The maximum atomic E-state index is 9.31. The third kappa shape index (κ3) is 1.34. The van der Waals surface area contributed by atoms with Crippen molar-refractivity contribution in [1.29, 1.82) is 0 Å². The van der Waals surface area contributed by atoms with E-state index in [0.717, 1.165) is 0 Å². The van der Waals surface area contributed by atoms with E-state index in [4.69, 9.17) is 11.6 Å². The van der Waals surface area contributed by atoms with Crippen LogP contribution in [-0.2, 0) is 0 Å². The average Bonchev–Trinajstić information content (AvgIpc) is 2.08. The van der Waals surface area contributed by atoms with Gasteiger partial charge >= 0.3 is 0 Å². The molecule has 0 atom stereocenters. The van der Waals surface area contributed by atoms with E-state index in [0.29, 0.717) is 16.3 Å². The van der Waals surface area contributed by atoms with E-state index in [2.05, 4.69) is 18.3 Å². The number of aliphatic imine (C=N–C) groups is 1. The number of rotatable bonds is 2. The van der Waals surface area contributed by atoms with Gasteiger partial charge in [-0.2, -0.15) is 0 Å². The number of benzene rings is 1. The van der Waals surface area contributed by atoms with Crippen molar-refractivity contribution in [3.63, 3.8) is 0 Å². The molecule has 0 aliphatic rings. The fourth-order valence-corrected chi connectivity index (χ4v) is 1.16. The van der Waals surface area contributed by atoms with Gasteiger partial charge in [0, 0.05) is 5.56 Å². The molecule has 0 radical (unpaired) electrons. The zero-order chi connectivity index (χ0) is 9.14. The van der Waals surface area contributed by atoms with E-state index in [-0.39, 0.29) is 5.75 Å². The van der Waals surface area contributed by atoms with Gasteiger partial charge in [0.05, 0.1) is 5.02 Å². The number of nitrogens with zero attached hydrogens (tertiary/aromatic N) is 1. The van der Waals surface area contributed by atoms with Crippen LogP contribution < -0.4 is 0 Å². The molecule has 1 rings (SSSR count). The molecular weight excluding hydrogens is 174 g/mol. The summed E-state index contributed by atoms with van der Waals surface area (Å²) in [5.74, 6) is 0.0595. The lowest BCUT2D eigenvalue weighted by atomic mass is 10.1. The lowest BCUT2D eigenvalue weighted by molar-refractivity contribution is 0.477. The Morgan fingerprint density at radius 2 is 2.17 bits per heavy atom. The summed E-state index contributed by atoms with van der Waals surface area (Å²) in [5, 5.41) is 9.81. The number of hydrogen-bond acceptors (Lipinski definition) is 2. The van der Waals surface area contributed by atoms with E-state index in [1.807, 2.05) is 0 Å². The van der Waals surface area contributed by atoms with Crippen molar-refractivity contribution in [3.8, 4) is 5.75 Å². The lowest BCUT2D eigenvalue weighted by Gasteiger charge is -2.04. The minimum absolute atomic E-state index is 0.0595. The van der Waals surface area contributed by atoms with Crippen molar-refractivity contribution in [2.45, 2.75) is 0 Å². The van der Waals surface area contributed by atoms with Gasteiger partial charge in [0.2, 0.25) is 0 Å². The maximum absolute atomic E-state index is 9.31. The zero-order valence-corrected chi connectivity index (χ0v) is 7.17. The monoisotopic (exact) mass is 181 g/mol. The molecule has 0 spiro atoms. The molecule has 0 amide bonds. The predicted molar refractivity (Wildman–Crippen MR) is 52.4 cm³/mol. The Bertz CT molecular complexity index is 301. The average molecular weight is 182 g/mol. The van der Waals surface area contributed by atoms with Gasteiger partial charge in [-0.1, -0.05) is 24.3 Å². The first-order valence-electron chi connectivity index (χ1n) is 3.31. The highest BCUT2D eigenvalue weighted by molar-refractivity contribution is 6.32. The molecule has 0 bridgehead atoms. The summed E-state index contributed by atoms with van der Waals surface area (Å²) in [6.07, 6.45) is 1.53. The molecule has 0 saturated heterocycles. The highest BCUT2D eigenvalue weighted by Gasteiger charge is 2.06. The summed E-state index contributed by atoms with van der Waals surface area (Å²) < 4.78 is 0. The molecule has 0 saturated carbocycles. The summed E-state index contributed by atoms with van der Waals surface area (Å²) in [7, 11) is 0. The summed E-state index contributed by atoms with van der Waals surface area (Å²) >= 11 is 5.81. The van der Waals surface area contributed by atoms with Crippen LogP contribution in [0.5, 0.6) is 5.75 Å². The number of phenols is 1. The Labute approximate surface area is 75.8 Å². The van der Waals surface area contributed by atoms with Crippen LogP contribution in [0.1, 0.15) is 5.56 Å². The molecular formula is C9H8ClNO. The summed E-state index contributed by atoms with van der Waals surface area (Å²) in [6.45, 7) is 6.88. The van der Waals surface area contributed by atoms with Crippen LogP contribution in [0.15, 0.2) is 23.7 Å². The molecule has 0 heterocycles. The maximum Gasteiger partial charge on any atom is 0.141 e. The normalized spacial score (nSPS) is 9.42. The second-order valence-corrected chi connectivity index (χ2v) is 2.60. The van der Waals surface area contributed by atoms with Crippen LogP contribution in [0.2, 0.25) is 5.02 Å². The molecule has 1 N–H and O–H groups in total. The van der Waals surface area contributed by atoms with Crippen LogP contribution >= 0.6 is 11.6 Å². The van der Waals surface area contributed by atoms with Gasteiger partial charge in [0.15, 0.2) is 0 Å². The first-order chi connectivity index (χ1) is 5.70. The molecule has 1 aromatic carbocycles. The van der Waals surface area contributed by atoms with Crippen LogP contribution in [0, 0.1) is 0 Å². The van der Waals surface area contributed by atoms with Gasteiger partial charge < -0.3 is 5.11 Å². The SMILES string of the molecule is C=Cc1c(Cl)ccc(O)c1N=C. The number of halogens is 1. The lowest BCUT2D eigenvalue weighted by Crippen LogP contribution is -1.77. The topological polar surface area (TPSA) is 32.6 Å². The van der Waals surface area contributed by atoms with Crippen molar-refractivity contribution in [3.05, 3.63) is 29.3 Å². The van der Waals surface area contributed by atoms with Gasteiger partial charge in [0.1, 0.15) is 11.4 Å². The molecule has 0 aliphatic carbocycles. The predicted octanol–water partition coefficient (Wildman–Crippen LogP) is 3.02. The van der Waals surface area contributed by atoms with E-state index in [1.165, 1.54) is 12.1 Å². The highest BCUT2D eigenvalue weighted by atomic mass is 35.5. The molecule has 0 unspecified atom stereocenters. The first kappa shape index (κ1) is 8.81. The van der Waals surface area contributed by atoms with E-state index < -0.39 is 0 Å². The number of hydrogen-bond donors (Lipinski definition) is 1. The smallest absolute Gasteiger partial charge is 0.141 e. The van der Waals surface area contributed by atoms with Crippen molar-refractivity contribution < 1.29 is 5.11 Å². The van der Waals surface area contributed by atoms with Crippen LogP contribution in [0.3, 0.4) is 0 Å². The first-order valence-corrected chi connectivity index (χ1v) is 3.69. The van der Waals surface area contributed by atoms with Crippen molar-refractivity contribution in [1.82, 2.24) is 0 Å². The zero-order valence-electron chi connectivity index (χ0n) is 6.42. The van der Waals surface area contributed by atoms with Gasteiger partial charge in [-0.3, -0.25) is 4.99 Å². The molecule has 0 fully saturated rings. The van der Waals surface area contributed by atoms with E-state index in [9.17, 15) is 5.11 Å². The Balaban J connectivity index is 3.48. The molecule has 0 aromatic heterocycles. The largest absolute Gasteiger partial charge is 0.506 e. The van der Waals surface area contributed by atoms with E-state index in [1.54, 1.807) is 6.07 Å². The second-order valence-electron chi connectivity index (χ2n) is 2.19. The minimum atomic E-state index is 0.0595. The standard InChI is InChI=1S/C9H8ClNO/c1-3-6-7(10)4-5-8(12)9(6)11-2/h3-5,12H,1-2H2. The van der Waals surface area contributed by atoms with Gasteiger partial charge in [-0.05, 0) is 18.9 Å². The Kier molecular flexibility index (Phi) is 2.51. The molecule has 0 aliphatic heterocycles. The van der Waals surface area contributed by atoms with Crippen LogP contribution in [-0.4, -0.2) is 11.8 Å². The minimum Gasteiger partial charge on any atom is -0.506 e. The van der Waals surface area contributed by atoms with Crippen LogP contribution in [0.25, 0.3) is 6.08 Å². The Morgan fingerprint density at radius 1 is 1.50 bits per heavy atom. The Hall–Kier alpha value is -1.28. The summed E-state index contributed by atoms with van der Waals surface area (Å²) in [6, 6.07) is 3.06. The Morgan fingerprint density at radius 3 is 2.58 bits per heavy atom. The molecule has 2 nitrogen and oxygen atoms in total. The molecule has 1 aromatic rings. The third-order valence-corrected chi connectivity index (χ3v) is 1.83. The fourth-order valence-electron chi connectivity index (χ4n) is 0.932. The van der Waals surface area contributed by atoms with Crippen molar-refractivity contribution in [2.24, 2.45) is 4.99 Å². The highest BCUT2D eigenvalue weighted by Crippen LogP contribution is 2.35. The second kappa shape index (κ2) is 3.41. The van der Waals surface area contributed by atoms with Crippen LogP contribution in [0.4, 0.5) is 5.69 Å². The van der Waals surface area contributed by atoms with Gasteiger partial charge in [-0.25, -0.2) is 0 Å². The number of aromatic hydroxyl groups is 1. The van der Waals surface area contributed by atoms with Gasteiger partial charge in [0.25, 0.3) is 0 Å². The van der Waals surface area contributed by atoms with Gasteiger partial charge in [-0.15, -0.1) is 0 Å². The number of phenolic OH excluding ortho intramolecular Hbond substituents is 1. The van der Waals surface area contributed by atoms with Crippen molar-refractivity contribution in [2.75, 3.05) is 0 Å². The van der Waals surface area contributed by atoms with E-state index >= 15 is 0 Å². The quantitative estimate of drug-likeness (QED) is 0.699. The summed E-state index contributed by atoms with van der Waals surface area (Å²) in [4.78, 5) is 3.65. The molecule has 62 valence electrons. The molecule has 3 heteroatoms.